The highest BCUT2D eigenvalue weighted by Gasteiger charge is 2.16. The number of nitrogens with zero attached hydrogens (tertiary/aromatic N) is 1. The number of amides is 1. The number of nitrogens with one attached hydrogen (secondary N) is 2. The molecule has 4 nitrogen and oxygen atoms in total. The average Bonchev–Trinajstić information content (AvgIpc) is 2.82. The van der Waals surface area contributed by atoms with Crippen molar-refractivity contribution in [3.63, 3.8) is 0 Å². The zero-order valence-electron chi connectivity index (χ0n) is 12.3. The zero-order valence-corrected chi connectivity index (χ0v) is 13.9. The lowest BCUT2D eigenvalue weighted by atomic mass is 10.0. The van der Waals surface area contributed by atoms with E-state index in [4.69, 9.17) is 17.5 Å². The van der Waals surface area contributed by atoms with Crippen molar-refractivity contribution in [2.45, 2.75) is 32.2 Å². The second-order valence-corrected chi connectivity index (χ2v) is 6.74. The lowest BCUT2D eigenvalue weighted by Crippen LogP contribution is -2.29. The number of H-pyrrole nitrogens is 1. The number of aryl methyl sites for hydroxylation is 1. The highest BCUT2D eigenvalue weighted by molar-refractivity contribution is 7.73. The summed E-state index contributed by atoms with van der Waals surface area (Å²) in [6.07, 6.45) is 1.32. The Labute approximate surface area is 138 Å². The maximum atomic E-state index is 12.3. The predicted molar refractivity (Wildman–Crippen MR) is 90.1 cm³/mol. The Hall–Kier alpha value is -1.97. The molecule has 2 N–H and O–H groups in total. The monoisotopic (exact) mass is 331 g/mol. The van der Waals surface area contributed by atoms with Gasteiger partial charge in [-0.25, -0.2) is 0 Å². The molecule has 0 aliphatic heterocycles. The third-order valence-corrected chi connectivity index (χ3v) is 4.66. The maximum Gasteiger partial charge on any atom is 0.225 e. The van der Waals surface area contributed by atoms with E-state index in [1.165, 1.54) is 11.3 Å². The van der Waals surface area contributed by atoms with Gasteiger partial charge in [0.05, 0.1) is 18.5 Å². The fraction of sp³-hybridized carbons (Fsp3) is 0.312. The highest BCUT2D eigenvalue weighted by Crippen LogP contribution is 2.20. The number of thiazole rings is 1. The molecule has 0 unspecified atom stereocenters. The first-order valence-corrected chi connectivity index (χ1v) is 8.22. The summed E-state index contributed by atoms with van der Waals surface area (Å²) in [5.41, 5.74) is 1.96. The molecule has 22 heavy (non-hydrogen) atoms. The molecule has 0 spiro atoms. The molecule has 2 rings (SSSR count). The number of aromatic nitrogens is 1. The molecule has 6 heteroatoms. The van der Waals surface area contributed by atoms with Crippen LogP contribution >= 0.6 is 23.6 Å². The van der Waals surface area contributed by atoms with Gasteiger partial charge in [0.15, 0.2) is 3.95 Å². The minimum absolute atomic E-state index is 0.0554. The lowest BCUT2D eigenvalue weighted by Gasteiger charge is -2.18. The summed E-state index contributed by atoms with van der Waals surface area (Å²) >= 11 is 6.52. The minimum atomic E-state index is -0.138. The minimum Gasteiger partial charge on any atom is -0.349 e. The summed E-state index contributed by atoms with van der Waals surface area (Å²) in [5, 5.41) is 11.8. The number of nitriles is 1. The smallest absolute Gasteiger partial charge is 0.225 e. The second kappa shape index (κ2) is 7.87. The largest absolute Gasteiger partial charge is 0.349 e. The zero-order chi connectivity index (χ0) is 15.9. The summed E-state index contributed by atoms with van der Waals surface area (Å²) in [5.74, 6) is -0.0554. The first kappa shape index (κ1) is 16.4. The number of hydrogen-bond acceptors (Lipinski definition) is 4. The van der Waals surface area contributed by atoms with E-state index in [0.717, 1.165) is 16.1 Å². The number of aromatic amines is 1. The number of carbonyl (C=O) groups excluding carboxylic acids is 1. The maximum absolute atomic E-state index is 12.3. The van der Waals surface area contributed by atoms with Crippen LogP contribution in [0, 0.1) is 22.2 Å². The molecule has 1 heterocycles. The summed E-state index contributed by atoms with van der Waals surface area (Å²) in [7, 11) is 0. The van der Waals surface area contributed by atoms with Crippen LogP contribution in [-0.2, 0) is 11.2 Å². The third kappa shape index (κ3) is 4.52. The molecule has 0 bridgehead atoms. The van der Waals surface area contributed by atoms with E-state index in [1.807, 2.05) is 37.3 Å². The molecule has 0 saturated carbocycles. The van der Waals surface area contributed by atoms with Crippen LogP contribution in [0.5, 0.6) is 0 Å². The SMILES string of the molecule is Cc1[nH]c(=S)sc1CC(=O)N[C@H](CCC#N)c1ccccc1. The van der Waals surface area contributed by atoms with Gasteiger partial charge in [-0.3, -0.25) is 4.79 Å². The Bertz CT molecular complexity index is 728. The Balaban J connectivity index is 2.06. The van der Waals surface area contributed by atoms with Gasteiger partial charge in [-0.2, -0.15) is 5.26 Å². The van der Waals surface area contributed by atoms with Crippen molar-refractivity contribution in [3.05, 3.63) is 50.4 Å². The van der Waals surface area contributed by atoms with Crippen molar-refractivity contribution < 1.29 is 4.79 Å². The van der Waals surface area contributed by atoms with Crippen LogP contribution in [0.15, 0.2) is 30.3 Å². The van der Waals surface area contributed by atoms with Crippen molar-refractivity contribution in [1.29, 1.82) is 5.26 Å². The van der Waals surface area contributed by atoms with Crippen LogP contribution in [0.1, 0.15) is 35.0 Å². The van der Waals surface area contributed by atoms with Gasteiger partial charge >= 0.3 is 0 Å². The van der Waals surface area contributed by atoms with Gasteiger partial charge in [0, 0.05) is 17.0 Å². The Kier molecular flexibility index (Phi) is 5.87. The topological polar surface area (TPSA) is 68.7 Å². The molecule has 0 saturated heterocycles. The Morgan fingerprint density at radius 2 is 2.18 bits per heavy atom. The van der Waals surface area contributed by atoms with Gasteiger partial charge in [0.1, 0.15) is 0 Å². The number of hydrogen-bond donors (Lipinski definition) is 2. The Morgan fingerprint density at radius 1 is 1.45 bits per heavy atom. The molecule has 1 aromatic carbocycles. The van der Waals surface area contributed by atoms with E-state index in [0.29, 0.717) is 23.2 Å². The van der Waals surface area contributed by atoms with Crippen LogP contribution in [0.3, 0.4) is 0 Å². The molecule has 1 aromatic heterocycles. The van der Waals surface area contributed by atoms with E-state index in [1.54, 1.807) is 0 Å². The van der Waals surface area contributed by atoms with E-state index in [9.17, 15) is 4.79 Å². The molecule has 114 valence electrons. The summed E-state index contributed by atoms with van der Waals surface area (Å²) < 4.78 is 0.685. The van der Waals surface area contributed by atoms with Crippen LogP contribution < -0.4 is 5.32 Å². The quantitative estimate of drug-likeness (QED) is 0.791. The van der Waals surface area contributed by atoms with E-state index in [-0.39, 0.29) is 11.9 Å². The van der Waals surface area contributed by atoms with Gasteiger partial charge in [0.25, 0.3) is 0 Å². The molecule has 0 fully saturated rings. The van der Waals surface area contributed by atoms with Gasteiger partial charge in [-0.15, -0.1) is 11.3 Å². The van der Waals surface area contributed by atoms with Gasteiger partial charge in [-0.05, 0) is 31.1 Å². The fourth-order valence-corrected chi connectivity index (χ4v) is 3.50. The van der Waals surface area contributed by atoms with Gasteiger partial charge < -0.3 is 10.3 Å². The van der Waals surface area contributed by atoms with Crippen molar-refractivity contribution >= 4 is 29.5 Å². The van der Waals surface area contributed by atoms with Crippen molar-refractivity contribution in [2.24, 2.45) is 0 Å². The summed E-state index contributed by atoms with van der Waals surface area (Å²) in [6, 6.07) is 11.7. The molecule has 2 aromatic rings. The van der Waals surface area contributed by atoms with Gasteiger partial charge in [-0.1, -0.05) is 30.3 Å². The molecule has 0 aliphatic carbocycles. The van der Waals surface area contributed by atoms with Crippen molar-refractivity contribution in [2.75, 3.05) is 0 Å². The van der Waals surface area contributed by atoms with Crippen LogP contribution in [0.2, 0.25) is 0 Å². The van der Waals surface area contributed by atoms with Crippen LogP contribution in [-0.4, -0.2) is 10.9 Å². The third-order valence-electron chi connectivity index (χ3n) is 3.33. The number of benzene rings is 1. The first-order valence-electron chi connectivity index (χ1n) is 7.00. The van der Waals surface area contributed by atoms with E-state index in [2.05, 4.69) is 16.4 Å². The predicted octanol–water partition coefficient (Wildman–Crippen LogP) is 3.82. The standard InChI is InChI=1S/C16H17N3OS2/c1-11-14(22-16(21)18-11)10-15(20)19-13(8-5-9-17)12-6-3-2-4-7-12/h2-4,6-7,13H,5,8,10H2,1H3,(H,18,21)(H,19,20)/t13-/m1/s1. The molecule has 1 atom stereocenters. The number of rotatable bonds is 6. The second-order valence-electron chi connectivity index (χ2n) is 4.97. The van der Waals surface area contributed by atoms with Crippen molar-refractivity contribution in [1.82, 2.24) is 10.3 Å². The summed E-state index contributed by atoms with van der Waals surface area (Å²) in [6.45, 7) is 1.92. The Morgan fingerprint density at radius 3 is 2.77 bits per heavy atom. The highest BCUT2D eigenvalue weighted by atomic mass is 32.1. The van der Waals surface area contributed by atoms with Crippen molar-refractivity contribution in [3.8, 4) is 6.07 Å². The molecule has 0 radical (unpaired) electrons. The first-order chi connectivity index (χ1) is 10.6. The van der Waals surface area contributed by atoms with Gasteiger partial charge in [0.2, 0.25) is 5.91 Å². The molecule has 1 amide bonds. The van der Waals surface area contributed by atoms with Crippen LogP contribution in [0.4, 0.5) is 0 Å². The summed E-state index contributed by atoms with van der Waals surface area (Å²) in [4.78, 5) is 16.3. The molecular formula is C16H17N3OS2. The normalized spacial score (nSPS) is 11.6. The average molecular weight is 331 g/mol. The lowest BCUT2D eigenvalue weighted by molar-refractivity contribution is -0.121. The fourth-order valence-electron chi connectivity index (χ4n) is 2.21. The molecular weight excluding hydrogens is 314 g/mol. The van der Waals surface area contributed by atoms with Crippen LogP contribution in [0.25, 0.3) is 0 Å². The van der Waals surface area contributed by atoms with E-state index >= 15 is 0 Å². The number of carbonyl (C=O) groups is 1. The van der Waals surface area contributed by atoms with E-state index < -0.39 is 0 Å². The molecule has 0 aliphatic rings.